The Balaban J connectivity index is 2.10. The van der Waals surface area contributed by atoms with E-state index in [1.807, 2.05) is 24.3 Å². The molecule has 0 saturated heterocycles. The smallest absolute Gasteiger partial charge is 0.328 e. The van der Waals surface area contributed by atoms with E-state index in [0.29, 0.717) is 5.56 Å². The van der Waals surface area contributed by atoms with Crippen molar-refractivity contribution < 1.29 is 14.3 Å². The lowest BCUT2D eigenvalue weighted by Crippen LogP contribution is -2.39. The Labute approximate surface area is 130 Å². The Kier molecular flexibility index (Phi) is 4.74. The fraction of sp³-hybridized carbons (Fsp3) is 0.214. The van der Waals surface area contributed by atoms with Gasteiger partial charge in [0, 0.05) is 10.7 Å². The summed E-state index contributed by atoms with van der Waals surface area (Å²) >= 11 is 3.36. The van der Waals surface area contributed by atoms with Crippen molar-refractivity contribution in [3.05, 3.63) is 46.7 Å². The molecule has 0 aliphatic heterocycles. The van der Waals surface area contributed by atoms with Crippen molar-refractivity contribution in [3.8, 4) is 5.69 Å². The number of esters is 1. The highest BCUT2D eigenvalue weighted by atomic mass is 79.9. The predicted octanol–water partition coefficient (Wildman–Crippen LogP) is 1.93. The van der Waals surface area contributed by atoms with Gasteiger partial charge in [-0.25, -0.2) is 9.48 Å². The Bertz CT molecular complexity index is 652. The van der Waals surface area contributed by atoms with Crippen LogP contribution in [-0.4, -0.2) is 34.8 Å². The molecule has 1 amide bonds. The molecule has 2 rings (SSSR count). The SMILES string of the molecule is COC(=O)[C@@H](C)NC(=O)c1cnn(-c2ccc(Br)cc2)c1. The molecule has 1 heterocycles. The Morgan fingerprint density at radius 1 is 1.33 bits per heavy atom. The van der Waals surface area contributed by atoms with Gasteiger partial charge < -0.3 is 10.1 Å². The number of nitrogens with zero attached hydrogens (tertiary/aromatic N) is 2. The molecule has 0 saturated carbocycles. The summed E-state index contributed by atoms with van der Waals surface area (Å²) in [6.07, 6.45) is 3.05. The van der Waals surface area contributed by atoms with Crippen molar-refractivity contribution in [3.63, 3.8) is 0 Å². The van der Waals surface area contributed by atoms with E-state index in [9.17, 15) is 9.59 Å². The number of carbonyl (C=O) groups is 2. The molecule has 1 atom stereocenters. The molecule has 0 fully saturated rings. The van der Waals surface area contributed by atoms with Crippen molar-refractivity contribution in [2.75, 3.05) is 7.11 Å². The summed E-state index contributed by atoms with van der Waals surface area (Å²) in [5.41, 5.74) is 1.20. The average Bonchev–Trinajstić information content (AvgIpc) is 2.97. The highest BCUT2D eigenvalue weighted by Crippen LogP contribution is 2.14. The van der Waals surface area contributed by atoms with Crippen molar-refractivity contribution in [1.29, 1.82) is 0 Å². The van der Waals surface area contributed by atoms with Gasteiger partial charge in [-0.3, -0.25) is 4.79 Å². The number of hydrogen-bond donors (Lipinski definition) is 1. The first kappa shape index (κ1) is 15.2. The molecule has 1 N–H and O–H groups in total. The van der Waals surface area contributed by atoms with Gasteiger partial charge in [0.2, 0.25) is 0 Å². The number of rotatable bonds is 4. The number of aromatic nitrogens is 2. The first-order valence-corrected chi connectivity index (χ1v) is 7.00. The number of nitrogens with one attached hydrogen (secondary N) is 1. The zero-order valence-corrected chi connectivity index (χ0v) is 13.1. The van der Waals surface area contributed by atoms with Crippen molar-refractivity contribution >= 4 is 27.8 Å². The lowest BCUT2D eigenvalue weighted by atomic mass is 10.3. The van der Waals surface area contributed by atoms with Gasteiger partial charge in [-0.05, 0) is 31.2 Å². The number of halogens is 1. The fourth-order valence-corrected chi connectivity index (χ4v) is 1.96. The fourth-order valence-electron chi connectivity index (χ4n) is 1.69. The van der Waals surface area contributed by atoms with Crippen molar-refractivity contribution in [2.45, 2.75) is 13.0 Å². The second-order valence-electron chi connectivity index (χ2n) is 4.37. The third-order valence-corrected chi connectivity index (χ3v) is 3.37. The Hall–Kier alpha value is -2.15. The van der Waals surface area contributed by atoms with Crippen LogP contribution in [0.15, 0.2) is 41.1 Å². The third-order valence-electron chi connectivity index (χ3n) is 2.84. The first-order chi connectivity index (χ1) is 10.0. The summed E-state index contributed by atoms with van der Waals surface area (Å²) in [6, 6.07) is 6.80. The number of carbonyl (C=O) groups excluding carboxylic acids is 2. The van der Waals surface area contributed by atoms with Crippen LogP contribution in [0.2, 0.25) is 0 Å². The summed E-state index contributed by atoms with van der Waals surface area (Å²) in [7, 11) is 1.27. The summed E-state index contributed by atoms with van der Waals surface area (Å²) in [4.78, 5) is 23.3. The van der Waals surface area contributed by atoms with Crippen molar-refractivity contribution in [1.82, 2.24) is 15.1 Å². The monoisotopic (exact) mass is 351 g/mol. The second-order valence-corrected chi connectivity index (χ2v) is 5.28. The molecule has 21 heavy (non-hydrogen) atoms. The molecule has 0 aliphatic carbocycles. The van der Waals surface area contributed by atoms with Crippen LogP contribution in [0.3, 0.4) is 0 Å². The van der Waals surface area contributed by atoms with E-state index < -0.39 is 12.0 Å². The third kappa shape index (κ3) is 3.69. The summed E-state index contributed by atoms with van der Waals surface area (Å²) < 4.78 is 7.10. The molecule has 2 aromatic rings. The number of hydrogen-bond acceptors (Lipinski definition) is 4. The zero-order chi connectivity index (χ0) is 15.4. The van der Waals surface area contributed by atoms with Crippen LogP contribution >= 0.6 is 15.9 Å². The van der Waals surface area contributed by atoms with E-state index in [0.717, 1.165) is 10.2 Å². The minimum absolute atomic E-state index is 0.369. The molecule has 0 spiro atoms. The molecule has 0 radical (unpaired) electrons. The normalized spacial score (nSPS) is 11.8. The standard InChI is InChI=1S/C14H14BrN3O3/c1-9(14(20)21-2)17-13(19)10-7-16-18(8-10)12-5-3-11(15)4-6-12/h3-9H,1-2H3,(H,17,19)/t9-/m1/s1. The molecular formula is C14H14BrN3O3. The van der Waals surface area contributed by atoms with Gasteiger partial charge in [0.25, 0.3) is 5.91 Å². The van der Waals surface area contributed by atoms with E-state index in [1.165, 1.54) is 13.3 Å². The number of ether oxygens (including phenoxy) is 1. The van der Waals surface area contributed by atoms with E-state index in [2.05, 4.69) is 31.1 Å². The molecule has 110 valence electrons. The second kappa shape index (κ2) is 6.53. The zero-order valence-electron chi connectivity index (χ0n) is 11.5. The minimum atomic E-state index is -0.710. The quantitative estimate of drug-likeness (QED) is 0.854. The Morgan fingerprint density at radius 3 is 2.62 bits per heavy atom. The number of amides is 1. The molecule has 1 aromatic heterocycles. The van der Waals surface area contributed by atoms with Gasteiger partial charge in [-0.1, -0.05) is 15.9 Å². The van der Waals surface area contributed by atoms with Gasteiger partial charge in [0.05, 0.1) is 24.6 Å². The summed E-state index contributed by atoms with van der Waals surface area (Å²) in [5.74, 6) is -0.875. The van der Waals surface area contributed by atoms with Crippen LogP contribution < -0.4 is 5.32 Å². The average molecular weight is 352 g/mol. The van der Waals surface area contributed by atoms with Crippen LogP contribution in [0.4, 0.5) is 0 Å². The van der Waals surface area contributed by atoms with Crippen molar-refractivity contribution in [2.24, 2.45) is 0 Å². The summed E-state index contributed by atoms with van der Waals surface area (Å²) in [6.45, 7) is 1.56. The highest BCUT2D eigenvalue weighted by molar-refractivity contribution is 9.10. The molecule has 6 nitrogen and oxygen atoms in total. The largest absolute Gasteiger partial charge is 0.467 e. The van der Waals surface area contributed by atoms with Crippen LogP contribution in [0, 0.1) is 0 Å². The maximum Gasteiger partial charge on any atom is 0.328 e. The van der Waals surface area contributed by atoms with E-state index in [4.69, 9.17) is 0 Å². The van der Waals surface area contributed by atoms with Gasteiger partial charge in [-0.2, -0.15) is 5.10 Å². The molecule has 0 aliphatic rings. The van der Waals surface area contributed by atoms with Crippen LogP contribution in [0.5, 0.6) is 0 Å². The Morgan fingerprint density at radius 2 is 2.00 bits per heavy atom. The van der Waals surface area contributed by atoms with Gasteiger partial charge in [-0.15, -0.1) is 0 Å². The number of methoxy groups -OCH3 is 1. The lowest BCUT2D eigenvalue weighted by molar-refractivity contribution is -0.142. The topological polar surface area (TPSA) is 73.2 Å². The van der Waals surface area contributed by atoms with E-state index in [1.54, 1.807) is 17.8 Å². The summed E-state index contributed by atoms with van der Waals surface area (Å²) in [5, 5.41) is 6.68. The maximum atomic E-state index is 12.0. The first-order valence-electron chi connectivity index (χ1n) is 6.20. The maximum absolute atomic E-state index is 12.0. The predicted molar refractivity (Wildman–Crippen MR) is 80.2 cm³/mol. The molecular weight excluding hydrogens is 338 g/mol. The molecule has 0 bridgehead atoms. The number of benzene rings is 1. The van der Waals surface area contributed by atoms with Crippen LogP contribution in [0.1, 0.15) is 17.3 Å². The van der Waals surface area contributed by atoms with Gasteiger partial charge in [0.15, 0.2) is 0 Å². The van der Waals surface area contributed by atoms with Crippen LogP contribution in [0.25, 0.3) is 5.69 Å². The van der Waals surface area contributed by atoms with Gasteiger partial charge >= 0.3 is 5.97 Å². The van der Waals surface area contributed by atoms with Crippen LogP contribution in [-0.2, 0) is 9.53 Å². The molecule has 0 unspecified atom stereocenters. The molecule has 1 aromatic carbocycles. The van der Waals surface area contributed by atoms with E-state index >= 15 is 0 Å². The minimum Gasteiger partial charge on any atom is -0.467 e. The lowest BCUT2D eigenvalue weighted by Gasteiger charge is -2.10. The highest BCUT2D eigenvalue weighted by Gasteiger charge is 2.18. The van der Waals surface area contributed by atoms with E-state index in [-0.39, 0.29) is 5.91 Å². The molecule has 7 heteroatoms. The van der Waals surface area contributed by atoms with Gasteiger partial charge in [0.1, 0.15) is 6.04 Å².